The average molecular weight is 491 g/mol. The van der Waals surface area contributed by atoms with Gasteiger partial charge in [-0.1, -0.05) is 78.9 Å². The van der Waals surface area contributed by atoms with E-state index < -0.39 is 0 Å². The number of allylic oxidation sites excluding steroid dienone is 4. The summed E-state index contributed by atoms with van der Waals surface area (Å²) in [6.07, 6.45) is 4.88. The number of phenols is 3. The van der Waals surface area contributed by atoms with Crippen molar-refractivity contribution in [2.75, 3.05) is 0 Å². The summed E-state index contributed by atoms with van der Waals surface area (Å²) in [6, 6.07) is 29.9. The van der Waals surface area contributed by atoms with Crippen LogP contribution in [-0.2, 0) is 0 Å². The molecule has 37 heavy (non-hydrogen) atoms. The van der Waals surface area contributed by atoms with Crippen molar-refractivity contribution in [2.24, 2.45) is 0 Å². The van der Waals surface area contributed by atoms with Crippen LogP contribution in [0.3, 0.4) is 0 Å². The monoisotopic (exact) mass is 490 g/mol. The molecule has 0 radical (unpaired) electrons. The Kier molecular flexibility index (Phi) is 7.80. The van der Waals surface area contributed by atoms with Crippen LogP contribution in [0.1, 0.15) is 46.6 Å². The van der Waals surface area contributed by atoms with Gasteiger partial charge in [0.25, 0.3) is 0 Å². The Morgan fingerprint density at radius 2 is 0.892 bits per heavy atom. The van der Waals surface area contributed by atoms with E-state index >= 15 is 0 Å². The van der Waals surface area contributed by atoms with Gasteiger partial charge in [0.15, 0.2) is 0 Å². The van der Waals surface area contributed by atoms with Crippen molar-refractivity contribution in [3.05, 3.63) is 161 Å². The maximum atomic E-state index is 9.85. The zero-order valence-electron chi connectivity index (χ0n) is 20.6. The smallest absolute Gasteiger partial charge is 0.115 e. The van der Waals surface area contributed by atoms with E-state index in [4.69, 9.17) is 0 Å². The zero-order valence-corrected chi connectivity index (χ0v) is 20.6. The molecule has 0 aliphatic heterocycles. The lowest BCUT2D eigenvalue weighted by Gasteiger charge is -2.22. The summed E-state index contributed by atoms with van der Waals surface area (Å²) in [5.41, 5.74) is 6.19. The summed E-state index contributed by atoms with van der Waals surface area (Å²) in [7, 11) is 0. The minimum Gasteiger partial charge on any atom is -0.508 e. The van der Waals surface area contributed by atoms with Crippen molar-refractivity contribution in [3.8, 4) is 17.2 Å². The van der Waals surface area contributed by atoms with Crippen LogP contribution >= 0.6 is 0 Å². The molecular weight excluding hydrogens is 460 g/mol. The Morgan fingerprint density at radius 3 is 1.27 bits per heavy atom. The zero-order chi connectivity index (χ0) is 26.4. The van der Waals surface area contributed by atoms with Gasteiger partial charge >= 0.3 is 0 Å². The molecule has 0 aromatic heterocycles. The van der Waals surface area contributed by atoms with Gasteiger partial charge in [0.1, 0.15) is 23.0 Å². The molecule has 0 bridgehead atoms. The molecule has 0 saturated heterocycles. The normalized spacial score (nSPS) is 12.9. The molecule has 0 aliphatic rings. The summed E-state index contributed by atoms with van der Waals surface area (Å²) in [6.45, 7) is 5.60. The molecule has 4 N–H and O–H groups in total. The Hall–Kier alpha value is -4.70. The molecule has 4 rings (SSSR count). The summed E-state index contributed by atoms with van der Waals surface area (Å²) < 4.78 is 0. The first-order valence-electron chi connectivity index (χ1n) is 12.0. The van der Waals surface area contributed by atoms with Gasteiger partial charge in [0.05, 0.1) is 0 Å². The number of hydrogen-bond acceptors (Lipinski definition) is 4. The number of aliphatic hydroxyl groups excluding tert-OH is 1. The number of benzene rings is 4. The van der Waals surface area contributed by atoms with E-state index in [9.17, 15) is 20.4 Å². The van der Waals surface area contributed by atoms with Crippen LogP contribution in [0.25, 0.3) is 0 Å². The van der Waals surface area contributed by atoms with Crippen molar-refractivity contribution < 1.29 is 20.4 Å². The van der Waals surface area contributed by atoms with Crippen LogP contribution in [-0.4, -0.2) is 20.4 Å². The molecule has 4 heteroatoms. The molecule has 4 aromatic carbocycles. The Balaban J connectivity index is 1.77. The lowest BCUT2D eigenvalue weighted by molar-refractivity contribution is 0.433. The molecule has 0 amide bonds. The highest BCUT2D eigenvalue weighted by atomic mass is 16.3. The Bertz CT molecular complexity index is 1350. The summed E-state index contributed by atoms with van der Waals surface area (Å²) in [5, 5.41) is 39.3. The van der Waals surface area contributed by atoms with E-state index in [1.165, 1.54) is 6.08 Å². The predicted molar refractivity (Wildman–Crippen MR) is 148 cm³/mol. The van der Waals surface area contributed by atoms with Gasteiger partial charge in [-0.05, 0) is 83.3 Å². The van der Waals surface area contributed by atoms with Crippen molar-refractivity contribution in [3.63, 3.8) is 0 Å². The van der Waals surface area contributed by atoms with Gasteiger partial charge < -0.3 is 20.4 Å². The van der Waals surface area contributed by atoms with Gasteiger partial charge in [0, 0.05) is 11.8 Å². The SMILES string of the molecule is C=C/C(O)=C\C=C(/C)C(c1ccc(O)cc1)c1ccc(C(c2ccc(O)cc2)c2ccc(O)cc2)cc1. The molecule has 0 heterocycles. The molecule has 186 valence electrons. The first kappa shape index (κ1) is 25.4. The maximum absolute atomic E-state index is 9.85. The second kappa shape index (κ2) is 11.4. The molecule has 1 atom stereocenters. The Morgan fingerprint density at radius 1 is 0.568 bits per heavy atom. The summed E-state index contributed by atoms with van der Waals surface area (Å²) >= 11 is 0. The van der Waals surface area contributed by atoms with Crippen LogP contribution in [0.5, 0.6) is 17.2 Å². The molecule has 4 nitrogen and oxygen atoms in total. The third kappa shape index (κ3) is 6.11. The van der Waals surface area contributed by atoms with Gasteiger partial charge in [-0.3, -0.25) is 0 Å². The van der Waals surface area contributed by atoms with E-state index in [0.29, 0.717) is 0 Å². The van der Waals surface area contributed by atoms with Gasteiger partial charge in [0.2, 0.25) is 0 Å². The number of hydrogen-bond donors (Lipinski definition) is 4. The number of aliphatic hydroxyl groups is 1. The minimum atomic E-state index is -0.0932. The molecule has 4 aromatic rings. The highest BCUT2D eigenvalue weighted by Gasteiger charge is 2.20. The van der Waals surface area contributed by atoms with Gasteiger partial charge in [-0.2, -0.15) is 0 Å². The van der Waals surface area contributed by atoms with E-state index in [-0.39, 0.29) is 34.8 Å². The van der Waals surface area contributed by atoms with Gasteiger partial charge in [-0.25, -0.2) is 0 Å². The van der Waals surface area contributed by atoms with Crippen molar-refractivity contribution in [2.45, 2.75) is 18.8 Å². The third-order valence-electron chi connectivity index (χ3n) is 6.46. The molecule has 0 fully saturated rings. The average Bonchev–Trinajstić information content (AvgIpc) is 2.91. The first-order chi connectivity index (χ1) is 17.9. The van der Waals surface area contributed by atoms with Crippen LogP contribution in [0.15, 0.2) is 133 Å². The fraction of sp³-hybridized carbons (Fsp3) is 0.0909. The van der Waals surface area contributed by atoms with E-state index in [0.717, 1.165) is 33.4 Å². The molecular formula is C33H30O4. The quantitative estimate of drug-likeness (QED) is 0.116. The minimum absolute atomic E-state index is 0.0878. The first-order valence-corrected chi connectivity index (χ1v) is 12.0. The highest BCUT2D eigenvalue weighted by Crippen LogP contribution is 2.37. The molecule has 0 saturated carbocycles. The maximum Gasteiger partial charge on any atom is 0.115 e. The highest BCUT2D eigenvalue weighted by molar-refractivity contribution is 5.49. The number of aromatic hydroxyl groups is 3. The standard InChI is InChI=1S/C33H30O4/c1-3-28(34)15-4-22(2)32(24-9-16-29(35)17-10-24)23-5-7-25(8-6-23)33(26-11-18-30(36)19-12-26)27-13-20-31(37)21-14-27/h3-21,32-37H,1H2,2H3/b22-4+,28-15+. The molecule has 0 spiro atoms. The van der Waals surface area contributed by atoms with Crippen molar-refractivity contribution in [1.29, 1.82) is 0 Å². The van der Waals surface area contributed by atoms with E-state index in [2.05, 4.69) is 30.8 Å². The third-order valence-corrected chi connectivity index (χ3v) is 6.46. The largest absolute Gasteiger partial charge is 0.508 e. The second-order valence-corrected chi connectivity index (χ2v) is 9.01. The van der Waals surface area contributed by atoms with Crippen LogP contribution in [0.4, 0.5) is 0 Å². The van der Waals surface area contributed by atoms with Crippen LogP contribution < -0.4 is 0 Å². The number of phenolic OH excluding ortho intramolecular Hbond substituents is 3. The fourth-order valence-corrected chi connectivity index (χ4v) is 4.56. The molecule has 0 aliphatic carbocycles. The summed E-state index contributed by atoms with van der Waals surface area (Å²) in [5.74, 6) is 0.521. The van der Waals surface area contributed by atoms with Crippen LogP contribution in [0, 0.1) is 0 Å². The Labute approximate surface area is 217 Å². The lowest BCUT2D eigenvalue weighted by Crippen LogP contribution is -2.06. The lowest BCUT2D eigenvalue weighted by atomic mass is 9.81. The van der Waals surface area contributed by atoms with E-state index in [1.54, 1.807) is 42.5 Å². The second-order valence-electron chi connectivity index (χ2n) is 9.01. The predicted octanol–water partition coefficient (Wildman–Crippen LogP) is 7.69. The fourth-order valence-electron chi connectivity index (χ4n) is 4.56. The van der Waals surface area contributed by atoms with E-state index in [1.807, 2.05) is 49.4 Å². The topological polar surface area (TPSA) is 80.9 Å². The summed E-state index contributed by atoms with van der Waals surface area (Å²) in [4.78, 5) is 0. The van der Waals surface area contributed by atoms with Crippen LogP contribution in [0.2, 0.25) is 0 Å². The van der Waals surface area contributed by atoms with Gasteiger partial charge in [-0.15, -0.1) is 0 Å². The number of rotatable bonds is 8. The van der Waals surface area contributed by atoms with Crippen molar-refractivity contribution in [1.82, 2.24) is 0 Å². The van der Waals surface area contributed by atoms with Crippen molar-refractivity contribution >= 4 is 0 Å². The molecule has 1 unspecified atom stereocenters.